The van der Waals surface area contributed by atoms with E-state index in [0.717, 1.165) is 0 Å². The highest BCUT2D eigenvalue weighted by Crippen LogP contribution is 2.26. The van der Waals surface area contributed by atoms with Gasteiger partial charge in [-0.15, -0.1) is 9.35 Å². The highest BCUT2D eigenvalue weighted by Gasteiger charge is 2.26. The number of benzene rings is 1. The average molecular weight is 402 g/mol. The van der Waals surface area contributed by atoms with Gasteiger partial charge >= 0.3 is 0 Å². The molecule has 0 aliphatic heterocycles. The molecule has 3 N–H and O–H groups in total. The second kappa shape index (κ2) is 7.40. The van der Waals surface area contributed by atoms with Gasteiger partial charge < -0.3 is 10.3 Å². The maximum Gasteiger partial charge on any atom is 0.287 e. The van der Waals surface area contributed by atoms with Crippen molar-refractivity contribution in [3.05, 3.63) is 34.7 Å². The Kier molecular flexibility index (Phi) is 5.64. The number of hydrogen-bond acceptors (Lipinski definition) is 8. The molecule has 1 aromatic heterocycles. The van der Waals surface area contributed by atoms with Crippen molar-refractivity contribution in [2.24, 2.45) is 5.73 Å². The van der Waals surface area contributed by atoms with Crippen molar-refractivity contribution in [1.29, 1.82) is 5.41 Å². The third-order valence-corrected chi connectivity index (χ3v) is 3.74. The summed E-state index contributed by atoms with van der Waals surface area (Å²) in [7, 11) is -4.08. The van der Waals surface area contributed by atoms with Crippen LogP contribution in [-0.4, -0.2) is 41.7 Å². The summed E-state index contributed by atoms with van der Waals surface area (Å²) in [5.74, 6) is -1.16. The summed E-state index contributed by atoms with van der Waals surface area (Å²) in [6.45, 7) is 3.79. The minimum absolute atomic E-state index is 0.0354. The zero-order chi connectivity index (χ0) is 19.6. The second-order valence-electron chi connectivity index (χ2n) is 5.57. The molecule has 1 amide bonds. The third kappa shape index (κ3) is 4.56. The summed E-state index contributed by atoms with van der Waals surface area (Å²) in [6.07, 6.45) is 0.712. The Morgan fingerprint density at radius 2 is 2.08 bits per heavy atom. The van der Waals surface area contributed by atoms with Crippen molar-refractivity contribution in [2.45, 2.75) is 19.8 Å². The summed E-state index contributed by atoms with van der Waals surface area (Å²) >= 11 is 6.11. The van der Waals surface area contributed by atoms with E-state index in [4.69, 9.17) is 27.3 Å². The number of rotatable bonds is 5. The molecule has 140 valence electrons. The summed E-state index contributed by atoms with van der Waals surface area (Å²) in [5, 5.41) is 11.2. The lowest BCUT2D eigenvalue weighted by Gasteiger charge is -2.18. The second-order valence-corrected chi connectivity index (χ2v) is 7.53. The lowest BCUT2D eigenvalue weighted by Crippen LogP contribution is -2.42. The number of amides is 1. The number of halogens is 1. The molecule has 0 radical (unpaired) electrons. The molecular weight excluding hydrogens is 386 g/mol. The molecule has 0 fully saturated rings. The van der Waals surface area contributed by atoms with Crippen LogP contribution in [0.25, 0.3) is 11.4 Å². The van der Waals surface area contributed by atoms with E-state index >= 15 is 0 Å². The van der Waals surface area contributed by atoms with Crippen molar-refractivity contribution in [1.82, 2.24) is 15.2 Å². The van der Waals surface area contributed by atoms with Crippen LogP contribution in [0.15, 0.2) is 22.7 Å². The molecule has 1 aromatic carbocycles. The van der Waals surface area contributed by atoms with E-state index in [1.165, 1.54) is 18.2 Å². The smallest absolute Gasteiger partial charge is 0.287 e. The normalized spacial score (nSPS) is 11.6. The molecule has 12 heteroatoms. The number of nitrogens with zero attached hydrogens (tertiary/aromatic N) is 3. The molecule has 0 saturated carbocycles. The first kappa shape index (κ1) is 19.8. The fraction of sp³-hybridized carbons (Fsp3) is 0.286. The van der Waals surface area contributed by atoms with Gasteiger partial charge in [0.2, 0.25) is 17.7 Å². The first-order valence-electron chi connectivity index (χ1n) is 7.21. The van der Waals surface area contributed by atoms with Gasteiger partial charge in [0.15, 0.2) is 0 Å². The van der Waals surface area contributed by atoms with Crippen molar-refractivity contribution >= 4 is 33.6 Å². The summed E-state index contributed by atoms with van der Waals surface area (Å²) in [6, 6.07) is 4.21. The number of aromatic nitrogens is 2. The SMILES string of the molecule is CC(C)c1nc(-c2ccc(C(=O)N(OS(C)(=O)=O)C(=N)N)c(Cl)c2)no1. The van der Waals surface area contributed by atoms with Crippen LogP contribution in [0.3, 0.4) is 0 Å². The Morgan fingerprint density at radius 3 is 2.54 bits per heavy atom. The number of nitrogens with two attached hydrogens (primary N) is 1. The van der Waals surface area contributed by atoms with Gasteiger partial charge in [0.25, 0.3) is 16.0 Å². The van der Waals surface area contributed by atoms with Gasteiger partial charge in [0, 0.05) is 11.5 Å². The largest absolute Gasteiger partial charge is 0.368 e. The highest BCUT2D eigenvalue weighted by atomic mass is 35.5. The standard InChI is InChI=1S/C14H16ClN5O5S/c1-7(2)12-18-11(19-24-12)8-4-5-9(10(15)6-8)13(21)20(14(16)17)25-26(3,22)23/h4-7H,1-3H3,(H3,16,17). The molecule has 0 atom stereocenters. The summed E-state index contributed by atoms with van der Waals surface area (Å²) < 4.78 is 32.0. The summed E-state index contributed by atoms with van der Waals surface area (Å²) in [4.78, 5) is 16.6. The molecule has 26 heavy (non-hydrogen) atoms. The monoisotopic (exact) mass is 401 g/mol. The molecule has 0 spiro atoms. The van der Waals surface area contributed by atoms with Crippen LogP contribution in [0.1, 0.15) is 36.0 Å². The van der Waals surface area contributed by atoms with Crippen LogP contribution < -0.4 is 5.73 Å². The molecule has 0 unspecified atom stereocenters. The number of nitrogens with one attached hydrogen (secondary N) is 1. The van der Waals surface area contributed by atoms with Crippen LogP contribution in [0.4, 0.5) is 0 Å². The lowest BCUT2D eigenvalue weighted by molar-refractivity contribution is 0.0201. The van der Waals surface area contributed by atoms with Gasteiger partial charge in [-0.25, -0.2) is 0 Å². The number of carbonyl (C=O) groups excluding carboxylic acids is 1. The lowest BCUT2D eigenvalue weighted by atomic mass is 10.1. The van der Waals surface area contributed by atoms with E-state index < -0.39 is 22.0 Å². The topological polar surface area (TPSA) is 152 Å². The maximum absolute atomic E-state index is 12.4. The van der Waals surface area contributed by atoms with Crippen LogP contribution in [0.2, 0.25) is 5.02 Å². The van der Waals surface area contributed by atoms with E-state index in [1.54, 1.807) is 0 Å². The van der Waals surface area contributed by atoms with Crippen LogP contribution in [-0.2, 0) is 14.4 Å². The van der Waals surface area contributed by atoms with Crippen molar-refractivity contribution in [3.8, 4) is 11.4 Å². The Balaban J connectivity index is 2.35. The minimum Gasteiger partial charge on any atom is -0.368 e. The van der Waals surface area contributed by atoms with E-state index in [-0.39, 0.29) is 27.4 Å². The summed E-state index contributed by atoms with van der Waals surface area (Å²) in [5.41, 5.74) is 5.57. The molecule has 0 aliphatic rings. The van der Waals surface area contributed by atoms with E-state index in [2.05, 4.69) is 14.4 Å². The fourth-order valence-corrected chi connectivity index (χ4v) is 2.52. The van der Waals surface area contributed by atoms with Crippen molar-refractivity contribution < 1.29 is 22.0 Å². The molecule has 2 rings (SSSR count). The quantitative estimate of drug-likeness (QED) is 0.436. The molecule has 0 bridgehead atoms. The van der Waals surface area contributed by atoms with Gasteiger partial charge in [-0.1, -0.05) is 36.7 Å². The van der Waals surface area contributed by atoms with Crippen LogP contribution >= 0.6 is 11.6 Å². The van der Waals surface area contributed by atoms with Gasteiger partial charge in [0.1, 0.15) is 0 Å². The molecule has 1 heterocycles. The minimum atomic E-state index is -4.08. The first-order valence-corrected chi connectivity index (χ1v) is 9.40. The average Bonchev–Trinajstić information content (AvgIpc) is 3.01. The van der Waals surface area contributed by atoms with E-state index in [0.29, 0.717) is 17.7 Å². The molecule has 0 saturated heterocycles. The Morgan fingerprint density at radius 1 is 1.42 bits per heavy atom. The van der Waals surface area contributed by atoms with Gasteiger partial charge in [0.05, 0.1) is 16.8 Å². The number of hydrogen-bond donors (Lipinski definition) is 2. The predicted molar refractivity (Wildman–Crippen MR) is 92.8 cm³/mol. The zero-order valence-corrected chi connectivity index (χ0v) is 15.6. The Labute approximate surface area is 154 Å². The zero-order valence-electron chi connectivity index (χ0n) is 14.1. The fourth-order valence-electron chi connectivity index (χ4n) is 1.84. The van der Waals surface area contributed by atoms with Crippen molar-refractivity contribution in [2.75, 3.05) is 6.26 Å². The van der Waals surface area contributed by atoms with E-state index in [9.17, 15) is 13.2 Å². The van der Waals surface area contributed by atoms with E-state index in [1.807, 2.05) is 13.8 Å². The number of carbonyl (C=O) groups is 1. The maximum atomic E-state index is 12.4. The number of hydroxylamine groups is 2. The van der Waals surface area contributed by atoms with Crippen LogP contribution in [0, 0.1) is 5.41 Å². The first-order chi connectivity index (χ1) is 12.0. The Hall–Kier alpha value is -2.50. The molecular formula is C14H16ClN5O5S. The number of guanidine groups is 1. The molecule has 2 aromatic rings. The molecule has 10 nitrogen and oxygen atoms in total. The van der Waals surface area contributed by atoms with Gasteiger partial charge in [-0.3, -0.25) is 10.2 Å². The van der Waals surface area contributed by atoms with Crippen molar-refractivity contribution in [3.63, 3.8) is 0 Å². The molecule has 0 aliphatic carbocycles. The van der Waals surface area contributed by atoms with Crippen LogP contribution in [0.5, 0.6) is 0 Å². The highest BCUT2D eigenvalue weighted by molar-refractivity contribution is 7.85. The van der Waals surface area contributed by atoms with Gasteiger partial charge in [-0.05, 0) is 12.1 Å². The van der Waals surface area contributed by atoms with Gasteiger partial charge in [-0.2, -0.15) is 13.4 Å². The predicted octanol–water partition coefficient (Wildman–Crippen LogP) is 1.74. The third-order valence-electron chi connectivity index (χ3n) is 3.01. The Bertz CT molecular complexity index is 956.